The normalized spacial score (nSPS) is 17.8. The molecular formula is C19H28ClN3O2. The lowest BCUT2D eigenvalue weighted by atomic mass is 10.1. The number of carbonyl (C=O) groups is 2. The van der Waals surface area contributed by atoms with Gasteiger partial charge in [0.15, 0.2) is 0 Å². The zero-order chi connectivity index (χ0) is 18.6. The van der Waals surface area contributed by atoms with Crippen LogP contribution in [-0.2, 0) is 9.59 Å². The first-order chi connectivity index (χ1) is 11.8. The predicted octanol–water partition coefficient (Wildman–Crippen LogP) is 2.93. The third kappa shape index (κ3) is 4.95. The van der Waals surface area contributed by atoms with Crippen LogP contribution in [0.1, 0.15) is 34.1 Å². The van der Waals surface area contributed by atoms with E-state index in [1.807, 2.05) is 18.2 Å². The van der Waals surface area contributed by atoms with Gasteiger partial charge in [0.05, 0.1) is 16.6 Å². The summed E-state index contributed by atoms with van der Waals surface area (Å²) in [5.41, 5.74) is 0.676. The maximum Gasteiger partial charge on any atom is 0.227 e. The largest absolute Gasteiger partial charge is 0.355 e. The molecule has 2 amide bonds. The van der Waals surface area contributed by atoms with Crippen LogP contribution in [-0.4, -0.2) is 48.4 Å². The second-order valence-electron chi connectivity index (χ2n) is 7.07. The van der Waals surface area contributed by atoms with Gasteiger partial charge in [-0.25, -0.2) is 0 Å². The van der Waals surface area contributed by atoms with Gasteiger partial charge in [0.25, 0.3) is 0 Å². The highest BCUT2D eigenvalue weighted by Gasteiger charge is 2.35. The number of para-hydroxylation sites is 1. The number of nitrogens with zero attached hydrogens (tertiary/aromatic N) is 2. The van der Waals surface area contributed by atoms with Crippen LogP contribution in [0, 0.1) is 5.92 Å². The van der Waals surface area contributed by atoms with Crippen molar-refractivity contribution >= 4 is 29.1 Å². The highest BCUT2D eigenvalue weighted by atomic mass is 35.5. The summed E-state index contributed by atoms with van der Waals surface area (Å²) in [5.74, 6) is -0.440. The maximum atomic E-state index is 12.4. The molecular weight excluding hydrogens is 338 g/mol. The number of nitrogens with one attached hydrogen (secondary N) is 1. The van der Waals surface area contributed by atoms with E-state index in [0.29, 0.717) is 35.9 Å². The number of halogens is 1. The molecule has 1 aromatic carbocycles. The quantitative estimate of drug-likeness (QED) is 0.808. The van der Waals surface area contributed by atoms with Crippen LogP contribution in [0.2, 0.25) is 5.02 Å². The summed E-state index contributed by atoms with van der Waals surface area (Å²) in [6.07, 6.45) is 0.231. The van der Waals surface area contributed by atoms with Crippen molar-refractivity contribution in [3.63, 3.8) is 0 Å². The van der Waals surface area contributed by atoms with E-state index < -0.39 is 0 Å². The Bertz CT molecular complexity index is 610. The van der Waals surface area contributed by atoms with Crippen molar-refractivity contribution in [2.45, 2.75) is 46.2 Å². The summed E-state index contributed by atoms with van der Waals surface area (Å²) in [6, 6.07) is 8.09. The number of amides is 2. The van der Waals surface area contributed by atoms with Crippen molar-refractivity contribution in [1.29, 1.82) is 0 Å². The van der Waals surface area contributed by atoms with Crippen molar-refractivity contribution in [1.82, 2.24) is 10.2 Å². The molecule has 0 aromatic heterocycles. The highest BCUT2D eigenvalue weighted by Crippen LogP contribution is 2.30. The fourth-order valence-corrected chi connectivity index (χ4v) is 3.59. The molecule has 6 heteroatoms. The van der Waals surface area contributed by atoms with Gasteiger partial charge >= 0.3 is 0 Å². The van der Waals surface area contributed by atoms with E-state index in [1.54, 1.807) is 11.0 Å². The van der Waals surface area contributed by atoms with Crippen LogP contribution in [0.3, 0.4) is 0 Å². The van der Waals surface area contributed by atoms with Crippen LogP contribution in [0.15, 0.2) is 24.3 Å². The van der Waals surface area contributed by atoms with Gasteiger partial charge in [0.1, 0.15) is 0 Å². The highest BCUT2D eigenvalue weighted by molar-refractivity contribution is 6.33. The van der Waals surface area contributed by atoms with Crippen molar-refractivity contribution < 1.29 is 9.59 Å². The van der Waals surface area contributed by atoms with E-state index in [1.165, 1.54) is 0 Å². The zero-order valence-corrected chi connectivity index (χ0v) is 16.2. The van der Waals surface area contributed by atoms with E-state index in [2.05, 4.69) is 37.9 Å². The molecule has 1 aliphatic heterocycles. The molecule has 1 saturated heterocycles. The van der Waals surface area contributed by atoms with Crippen LogP contribution in [0.4, 0.5) is 5.69 Å². The molecule has 1 aliphatic rings. The van der Waals surface area contributed by atoms with E-state index in [9.17, 15) is 9.59 Å². The van der Waals surface area contributed by atoms with Crippen molar-refractivity contribution in [3.8, 4) is 0 Å². The molecule has 1 aromatic rings. The molecule has 5 nitrogen and oxygen atoms in total. The summed E-state index contributed by atoms with van der Waals surface area (Å²) in [7, 11) is 0. The molecule has 1 heterocycles. The summed E-state index contributed by atoms with van der Waals surface area (Å²) >= 11 is 6.17. The first-order valence-corrected chi connectivity index (χ1v) is 9.27. The molecule has 1 atom stereocenters. The van der Waals surface area contributed by atoms with E-state index >= 15 is 0 Å². The van der Waals surface area contributed by atoms with Gasteiger partial charge in [0.2, 0.25) is 11.8 Å². The average molecular weight is 366 g/mol. The molecule has 2 rings (SSSR count). The molecule has 1 N–H and O–H groups in total. The Morgan fingerprint density at radius 2 is 1.92 bits per heavy atom. The van der Waals surface area contributed by atoms with Gasteiger partial charge in [-0.1, -0.05) is 23.7 Å². The van der Waals surface area contributed by atoms with Crippen molar-refractivity contribution in [2.75, 3.05) is 24.5 Å². The first-order valence-electron chi connectivity index (χ1n) is 8.89. The number of hydrogen-bond acceptors (Lipinski definition) is 3. The SMILES string of the molecule is CC(C)N(CCNC(=O)[C@@H]1CC(=O)N(c2ccccc2Cl)C1)C(C)C. The van der Waals surface area contributed by atoms with Gasteiger partial charge in [-0.15, -0.1) is 0 Å². The van der Waals surface area contributed by atoms with Crippen LogP contribution >= 0.6 is 11.6 Å². The topological polar surface area (TPSA) is 52.7 Å². The fourth-order valence-electron chi connectivity index (χ4n) is 3.35. The minimum absolute atomic E-state index is 0.0563. The van der Waals surface area contributed by atoms with Crippen molar-refractivity contribution in [2.24, 2.45) is 5.92 Å². The number of benzene rings is 1. The number of carbonyl (C=O) groups excluding carboxylic acids is 2. The van der Waals surface area contributed by atoms with Gasteiger partial charge in [-0.05, 0) is 39.8 Å². The van der Waals surface area contributed by atoms with Gasteiger partial charge in [-0.2, -0.15) is 0 Å². The first kappa shape index (κ1) is 19.7. The van der Waals surface area contributed by atoms with E-state index in [0.717, 1.165) is 6.54 Å². The number of anilines is 1. The third-order valence-electron chi connectivity index (χ3n) is 4.63. The van der Waals surface area contributed by atoms with Gasteiger partial charge in [-0.3, -0.25) is 14.5 Å². The van der Waals surface area contributed by atoms with E-state index in [4.69, 9.17) is 11.6 Å². The molecule has 25 heavy (non-hydrogen) atoms. The smallest absolute Gasteiger partial charge is 0.227 e. The fraction of sp³-hybridized carbons (Fsp3) is 0.579. The summed E-state index contributed by atoms with van der Waals surface area (Å²) in [5, 5.41) is 3.51. The molecule has 138 valence electrons. The Labute approximate surface area is 155 Å². The second-order valence-corrected chi connectivity index (χ2v) is 7.48. The molecule has 0 unspecified atom stereocenters. The van der Waals surface area contributed by atoms with Crippen LogP contribution in [0.5, 0.6) is 0 Å². The standard InChI is InChI=1S/C19H28ClN3O2/c1-13(2)22(14(3)4)10-9-21-19(25)15-11-18(24)23(12-15)17-8-6-5-7-16(17)20/h5-8,13-15H,9-12H2,1-4H3,(H,21,25)/t15-/m1/s1. The number of rotatable bonds is 7. The number of hydrogen-bond donors (Lipinski definition) is 1. The van der Waals surface area contributed by atoms with E-state index in [-0.39, 0.29) is 24.2 Å². The lowest BCUT2D eigenvalue weighted by Crippen LogP contribution is -2.43. The monoisotopic (exact) mass is 365 g/mol. The minimum atomic E-state index is -0.324. The molecule has 0 aliphatic carbocycles. The Balaban J connectivity index is 1.89. The Morgan fingerprint density at radius 1 is 1.28 bits per heavy atom. The zero-order valence-electron chi connectivity index (χ0n) is 15.5. The van der Waals surface area contributed by atoms with Gasteiger partial charge < -0.3 is 10.2 Å². The predicted molar refractivity (Wildman–Crippen MR) is 102 cm³/mol. The molecule has 0 bridgehead atoms. The summed E-state index contributed by atoms with van der Waals surface area (Å²) < 4.78 is 0. The maximum absolute atomic E-state index is 12.4. The Hall–Kier alpha value is -1.59. The molecule has 0 saturated carbocycles. The second kappa shape index (κ2) is 8.68. The molecule has 0 spiro atoms. The minimum Gasteiger partial charge on any atom is -0.355 e. The average Bonchev–Trinajstić information content (AvgIpc) is 2.93. The van der Waals surface area contributed by atoms with Crippen LogP contribution in [0.25, 0.3) is 0 Å². The molecule has 0 radical (unpaired) electrons. The van der Waals surface area contributed by atoms with Crippen molar-refractivity contribution in [3.05, 3.63) is 29.3 Å². The van der Waals surface area contributed by atoms with Crippen LogP contribution < -0.4 is 10.2 Å². The lowest BCUT2D eigenvalue weighted by Gasteiger charge is -2.30. The lowest BCUT2D eigenvalue weighted by molar-refractivity contribution is -0.126. The van der Waals surface area contributed by atoms with Gasteiger partial charge in [0, 0.05) is 38.1 Å². The Morgan fingerprint density at radius 3 is 2.52 bits per heavy atom. The summed E-state index contributed by atoms with van der Waals surface area (Å²) in [6.45, 7) is 10.4. The molecule has 1 fully saturated rings. The Kier molecular flexibility index (Phi) is 6.85. The third-order valence-corrected chi connectivity index (χ3v) is 4.95. The summed E-state index contributed by atoms with van der Waals surface area (Å²) in [4.78, 5) is 28.7.